The van der Waals surface area contributed by atoms with Crippen LogP contribution in [0.4, 0.5) is 11.4 Å². The van der Waals surface area contributed by atoms with Crippen LogP contribution in [0.25, 0.3) is 0 Å². The molecule has 41 heavy (non-hydrogen) atoms. The molecule has 1 atom stereocenters. The number of benzene rings is 4. The Bertz CT molecular complexity index is 1520. The highest BCUT2D eigenvalue weighted by Crippen LogP contribution is 2.40. The fourth-order valence-corrected chi connectivity index (χ4v) is 5.26. The first-order valence-electron chi connectivity index (χ1n) is 12.4. The van der Waals surface area contributed by atoms with E-state index in [1.807, 2.05) is 42.5 Å². The average Bonchev–Trinajstić information content (AvgIpc) is 3.00. The zero-order chi connectivity index (χ0) is 29.4. The number of anilines is 2. The van der Waals surface area contributed by atoms with Gasteiger partial charge in [-0.2, -0.15) is 0 Å². The number of hydrogen-bond acceptors (Lipinski definition) is 7. The van der Waals surface area contributed by atoms with Crippen molar-refractivity contribution in [2.24, 2.45) is 0 Å². The molecule has 0 fully saturated rings. The Balaban J connectivity index is 1.51. The number of carbonyl (C=O) groups is 2. The maximum atomic E-state index is 13.6. The largest absolute Gasteiger partial charge is 0.495 e. The lowest BCUT2D eigenvalue weighted by molar-refractivity contribution is -0.115. The fraction of sp³-hybridized carbons (Fsp3) is 0.161. The molecule has 0 spiro atoms. The first-order chi connectivity index (χ1) is 19.9. The maximum Gasteiger partial charge on any atom is 0.255 e. The molecule has 0 aliphatic carbocycles. The van der Waals surface area contributed by atoms with Gasteiger partial charge in [0.15, 0.2) is 11.5 Å². The summed E-state index contributed by atoms with van der Waals surface area (Å²) in [4.78, 5) is 27.2. The molecular formula is C31H29ClN2O6S. The van der Waals surface area contributed by atoms with E-state index in [4.69, 9.17) is 30.5 Å². The topological polar surface area (TPSA) is 95.1 Å². The monoisotopic (exact) mass is 592 g/mol. The van der Waals surface area contributed by atoms with E-state index in [0.29, 0.717) is 45.0 Å². The number of ether oxygens (including phenoxy) is 4. The minimum Gasteiger partial charge on any atom is -0.495 e. The molecule has 0 radical (unpaired) electrons. The van der Waals surface area contributed by atoms with Gasteiger partial charge in [0.2, 0.25) is 5.91 Å². The standard InChI is InChI=1S/C31H29ClN2O6S/c1-37-25-15-10-20(16-28(25)40-4)30(35)33-21-11-13-22(14-12-21)41-29(19-8-6-5-7-9-19)31(36)34-24-17-23(32)26(38-2)18-27(24)39-3/h5-18,29H,1-4H3,(H,33,35)(H,34,36). The molecule has 2 N–H and O–H groups in total. The molecule has 0 aliphatic rings. The number of hydrogen-bond donors (Lipinski definition) is 2. The third-order valence-corrected chi connectivity index (χ3v) is 7.65. The van der Waals surface area contributed by atoms with Crippen LogP contribution >= 0.6 is 23.4 Å². The second-order valence-electron chi connectivity index (χ2n) is 8.63. The summed E-state index contributed by atoms with van der Waals surface area (Å²) in [5, 5.41) is 5.58. The van der Waals surface area contributed by atoms with Crippen LogP contribution in [0.5, 0.6) is 23.0 Å². The van der Waals surface area contributed by atoms with E-state index in [2.05, 4.69) is 10.6 Å². The van der Waals surface area contributed by atoms with Crippen molar-refractivity contribution in [3.8, 4) is 23.0 Å². The highest BCUT2D eigenvalue weighted by molar-refractivity contribution is 8.00. The van der Waals surface area contributed by atoms with Gasteiger partial charge in [-0.05, 0) is 54.1 Å². The molecule has 10 heteroatoms. The smallest absolute Gasteiger partial charge is 0.255 e. The van der Waals surface area contributed by atoms with Crippen molar-refractivity contribution >= 4 is 46.6 Å². The average molecular weight is 593 g/mol. The highest BCUT2D eigenvalue weighted by Gasteiger charge is 2.24. The fourth-order valence-electron chi connectivity index (χ4n) is 3.99. The van der Waals surface area contributed by atoms with E-state index in [9.17, 15) is 9.59 Å². The maximum absolute atomic E-state index is 13.6. The minimum atomic E-state index is -0.589. The molecule has 0 aliphatic heterocycles. The minimum absolute atomic E-state index is 0.258. The van der Waals surface area contributed by atoms with E-state index in [0.717, 1.165) is 10.5 Å². The first-order valence-corrected chi connectivity index (χ1v) is 13.7. The van der Waals surface area contributed by atoms with E-state index in [1.54, 1.807) is 42.5 Å². The number of rotatable bonds is 11. The first kappa shape index (κ1) is 29.6. The van der Waals surface area contributed by atoms with Gasteiger partial charge in [-0.15, -0.1) is 11.8 Å². The summed E-state index contributed by atoms with van der Waals surface area (Å²) in [6, 6.07) is 24.9. The Kier molecular flexibility index (Phi) is 10.00. The quantitative estimate of drug-likeness (QED) is 0.179. The van der Waals surface area contributed by atoms with E-state index >= 15 is 0 Å². The normalized spacial score (nSPS) is 11.2. The third kappa shape index (κ3) is 7.25. The summed E-state index contributed by atoms with van der Waals surface area (Å²) in [5.41, 5.74) is 2.28. The predicted molar refractivity (Wildman–Crippen MR) is 162 cm³/mol. The molecule has 1 unspecified atom stereocenters. The number of nitrogens with one attached hydrogen (secondary N) is 2. The van der Waals surface area contributed by atoms with Crippen LogP contribution in [-0.4, -0.2) is 40.3 Å². The van der Waals surface area contributed by atoms with Crippen LogP contribution < -0.4 is 29.6 Å². The molecule has 0 heterocycles. The van der Waals surface area contributed by atoms with Gasteiger partial charge in [-0.1, -0.05) is 41.9 Å². The zero-order valence-corrected chi connectivity index (χ0v) is 24.5. The Hall–Kier alpha value is -4.34. The van der Waals surface area contributed by atoms with Crippen LogP contribution in [0.1, 0.15) is 21.2 Å². The number of thioether (sulfide) groups is 1. The molecule has 2 amide bonds. The predicted octanol–water partition coefficient (Wildman–Crippen LogP) is 7.10. The van der Waals surface area contributed by atoms with E-state index in [-0.39, 0.29) is 11.8 Å². The number of halogens is 1. The second-order valence-corrected chi connectivity index (χ2v) is 10.2. The van der Waals surface area contributed by atoms with Gasteiger partial charge in [0, 0.05) is 22.2 Å². The van der Waals surface area contributed by atoms with Gasteiger partial charge >= 0.3 is 0 Å². The summed E-state index contributed by atoms with van der Waals surface area (Å²) < 4.78 is 21.2. The summed E-state index contributed by atoms with van der Waals surface area (Å²) in [6.07, 6.45) is 0. The number of carbonyl (C=O) groups excluding carboxylic acids is 2. The summed E-state index contributed by atoms with van der Waals surface area (Å²) in [6.45, 7) is 0. The molecule has 8 nitrogen and oxygen atoms in total. The van der Waals surface area contributed by atoms with Crippen molar-refractivity contribution in [1.29, 1.82) is 0 Å². The molecule has 0 aromatic heterocycles. The van der Waals surface area contributed by atoms with Gasteiger partial charge in [0.05, 0.1) is 39.1 Å². The zero-order valence-electron chi connectivity index (χ0n) is 22.9. The molecule has 0 saturated heterocycles. The Labute approximate surface area is 247 Å². The van der Waals surface area contributed by atoms with Crippen LogP contribution in [0, 0.1) is 0 Å². The summed E-state index contributed by atoms with van der Waals surface area (Å²) in [7, 11) is 6.07. The van der Waals surface area contributed by atoms with Gasteiger partial charge in [0.1, 0.15) is 16.7 Å². The molecule has 4 aromatic rings. The van der Waals surface area contributed by atoms with E-state index in [1.165, 1.54) is 40.2 Å². The molecule has 0 bridgehead atoms. The Morgan fingerprint density at radius 1 is 0.707 bits per heavy atom. The molecular weight excluding hydrogens is 564 g/mol. The van der Waals surface area contributed by atoms with Crippen LogP contribution in [0.3, 0.4) is 0 Å². The summed E-state index contributed by atoms with van der Waals surface area (Å²) >= 11 is 7.68. The molecule has 4 aromatic carbocycles. The Morgan fingerprint density at radius 2 is 1.37 bits per heavy atom. The van der Waals surface area contributed by atoms with Crippen molar-refractivity contribution < 1.29 is 28.5 Å². The van der Waals surface area contributed by atoms with Gasteiger partial charge < -0.3 is 29.6 Å². The lowest BCUT2D eigenvalue weighted by Gasteiger charge is -2.19. The van der Waals surface area contributed by atoms with Crippen LogP contribution in [0.15, 0.2) is 89.8 Å². The van der Waals surface area contributed by atoms with Gasteiger partial charge in [-0.25, -0.2) is 0 Å². The van der Waals surface area contributed by atoms with Crippen molar-refractivity contribution in [1.82, 2.24) is 0 Å². The third-order valence-electron chi connectivity index (χ3n) is 6.08. The Morgan fingerprint density at radius 3 is 2.00 bits per heavy atom. The lowest BCUT2D eigenvalue weighted by Crippen LogP contribution is -2.19. The van der Waals surface area contributed by atoms with E-state index < -0.39 is 5.25 Å². The molecule has 4 rings (SSSR count). The highest BCUT2D eigenvalue weighted by atomic mass is 35.5. The van der Waals surface area contributed by atoms with Crippen molar-refractivity contribution in [3.05, 3.63) is 101 Å². The van der Waals surface area contributed by atoms with Crippen molar-refractivity contribution in [2.45, 2.75) is 10.1 Å². The second kappa shape index (κ2) is 13.8. The lowest BCUT2D eigenvalue weighted by atomic mass is 10.1. The molecule has 0 saturated carbocycles. The molecule has 212 valence electrons. The van der Waals surface area contributed by atoms with Gasteiger partial charge in [0.25, 0.3) is 5.91 Å². The number of methoxy groups -OCH3 is 4. The van der Waals surface area contributed by atoms with Crippen LogP contribution in [-0.2, 0) is 4.79 Å². The van der Waals surface area contributed by atoms with Crippen molar-refractivity contribution in [3.63, 3.8) is 0 Å². The van der Waals surface area contributed by atoms with Crippen LogP contribution in [0.2, 0.25) is 5.02 Å². The number of amides is 2. The van der Waals surface area contributed by atoms with Crippen molar-refractivity contribution in [2.75, 3.05) is 39.1 Å². The SMILES string of the molecule is COc1cc(OC)c(NC(=O)C(Sc2ccc(NC(=O)c3ccc(OC)c(OC)c3)cc2)c2ccccc2)cc1Cl. The summed E-state index contributed by atoms with van der Waals surface area (Å²) in [5.74, 6) is 1.31. The van der Waals surface area contributed by atoms with Gasteiger partial charge in [-0.3, -0.25) is 9.59 Å².